The summed E-state index contributed by atoms with van der Waals surface area (Å²) in [7, 11) is -4.97. The van der Waals surface area contributed by atoms with E-state index in [9.17, 15) is 19.4 Å². The molecule has 20 nitrogen and oxygen atoms in total. The van der Waals surface area contributed by atoms with E-state index < -0.39 is 69.7 Å². The van der Waals surface area contributed by atoms with Gasteiger partial charge in [-0.25, -0.2) is 24.5 Å². The second-order valence-electron chi connectivity index (χ2n) is 9.18. The minimum absolute atomic E-state index is 0.00232. The first-order chi connectivity index (χ1) is 19.6. The van der Waals surface area contributed by atoms with Gasteiger partial charge in [0.25, 0.3) is 5.56 Å². The van der Waals surface area contributed by atoms with Crippen molar-refractivity contribution in [1.82, 2.24) is 39.0 Å². The van der Waals surface area contributed by atoms with Gasteiger partial charge in [-0.2, -0.15) is 9.37 Å². The standard InChI is InChI=1S/C19H20FN10O10P/c20-19(30-4-26-7-12(21)23-2-24-13(7)30)11-6(39-19)1-37-41(33,34)40-10-9(31)17(36-5-35-11)38-16(10)29-3-25-8-14(29)27-18(22)28-15(8)32/h2-4,6,9-11,16-17,31H,1,5H2,(H,33,34)(H2,21,23,24)(H3,22,27,28,32). The zero-order valence-corrected chi connectivity index (χ0v) is 21.3. The maximum Gasteiger partial charge on any atom is 0.472 e. The number of ether oxygens (including phenoxy) is 4. The number of anilines is 2. The number of nitrogen functional groups attached to an aromatic ring is 2. The van der Waals surface area contributed by atoms with Crippen molar-refractivity contribution in [3.63, 3.8) is 0 Å². The number of rotatable bonds is 2. The van der Waals surface area contributed by atoms with E-state index in [-0.39, 0.29) is 34.1 Å². The smallest absolute Gasteiger partial charge is 0.385 e. The van der Waals surface area contributed by atoms with Gasteiger partial charge in [0, 0.05) is 0 Å². The van der Waals surface area contributed by atoms with E-state index in [2.05, 4.69) is 29.9 Å². The lowest BCUT2D eigenvalue weighted by molar-refractivity contribution is -0.419. The molecule has 7 heterocycles. The van der Waals surface area contributed by atoms with E-state index in [1.54, 1.807) is 0 Å². The molecule has 8 atom stereocenters. The van der Waals surface area contributed by atoms with Gasteiger partial charge in [-0.05, 0) is 0 Å². The zero-order valence-electron chi connectivity index (χ0n) is 20.4. The van der Waals surface area contributed by atoms with Gasteiger partial charge in [-0.3, -0.25) is 28.0 Å². The van der Waals surface area contributed by atoms with E-state index in [1.165, 1.54) is 0 Å². The van der Waals surface area contributed by atoms with Crippen molar-refractivity contribution in [2.75, 3.05) is 24.9 Å². The number of aliphatic hydroxyl groups excluding tert-OH is 1. The van der Waals surface area contributed by atoms with E-state index in [4.69, 9.17) is 39.5 Å². The Kier molecular flexibility index (Phi) is 5.87. The molecule has 4 aromatic heterocycles. The molecule has 0 spiro atoms. The number of imidazole rings is 2. The number of hydrogen-bond acceptors (Lipinski definition) is 16. The summed E-state index contributed by atoms with van der Waals surface area (Å²) < 4.78 is 63.8. The van der Waals surface area contributed by atoms with Gasteiger partial charge in [0.05, 0.1) is 12.9 Å². The first-order valence-electron chi connectivity index (χ1n) is 11.8. The third-order valence-electron chi connectivity index (χ3n) is 6.73. The molecule has 3 aliphatic heterocycles. The summed E-state index contributed by atoms with van der Waals surface area (Å²) in [5.41, 5.74) is 10.7. The van der Waals surface area contributed by atoms with Crippen molar-refractivity contribution in [2.45, 2.75) is 42.9 Å². The minimum atomic E-state index is -4.97. The van der Waals surface area contributed by atoms with Crippen LogP contribution in [0.3, 0.4) is 0 Å². The quantitative estimate of drug-likeness (QED) is 0.159. The van der Waals surface area contributed by atoms with E-state index in [0.29, 0.717) is 0 Å². The number of alkyl halides is 1. The molecule has 7 N–H and O–H groups in total. The number of aliphatic hydroxyl groups is 1. The molecule has 0 radical (unpaired) electrons. The number of H-pyrrole nitrogens is 1. The van der Waals surface area contributed by atoms with Crippen LogP contribution in [0.25, 0.3) is 22.3 Å². The van der Waals surface area contributed by atoms with Crippen molar-refractivity contribution in [1.29, 1.82) is 0 Å². The van der Waals surface area contributed by atoms with Gasteiger partial charge in [0.15, 0.2) is 48.0 Å². The van der Waals surface area contributed by atoms with Crippen molar-refractivity contribution in [3.8, 4) is 0 Å². The number of nitrogens with two attached hydrogens (primary N) is 2. The van der Waals surface area contributed by atoms with Gasteiger partial charge in [0.1, 0.15) is 36.5 Å². The minimum Gasteiger partial charge on any atom is -0.385 e. The summed E-state index contributed by atoms with van der Waals surface area (Å²) in [5.74, 6) is -2.96. The Labute approximate surface area is 225 Å². The van der Waals surface area contributed by atoms with Crippen LogP contribution in [0.4, 0.5) is 16.2 Å². The number of fused-ring (bicyclic) bond motifs is 5. The molecular formula is C19H20FN10O10P. The predicted molar refractivity (Wildman–Crippen MR) is 128 cm³/mol. The van der Waals surface area contributed by atoms with Crippen molar-refractivity contribution in [2.24, 2.45) is 0 Å². The van der Waals surface area contributed by atoms with Crippen LogP contribution in [0.1, 0.15) is 6.23 Å². The summed E-state index contributed by atoms with van der Waals surface area (Å²) in [5, 5.41) is 10.9. The molecule has 0 aliphatic carbocycles. The fourth-order valence-electron chi connectivity index (χ4n) is 4.86. The van der Waals surface area contributed by atoms with Crippen molar-refractivity contribution < 1.29 is 47.0 Å². The number of hydrogen-bond donors (Lipinski definition) is 5. The van der Waals surface area contributed by atoms with E-state index >= 15 is 4.39 Å². The molecule has 2 bridgehead atoms. The summed E-state index contributed by atoms with van der Waals surface area (Å²) in [4.78, 5) is 44.8. The average molecular weight is 598 g/mol. The monoisotopic (exact) mass is 598 g/mol. The molecule has 4 aromatic rings. The highest BCUT2D eigenvalue weighted by atomic mass is 31.2. The summed E-state index contributed by atoms with van der Waals surface area (Å²) in [6.07, 6.45) is -5.63. The summed E-state index contributed by atoms with van der Waals surface area (Å²) >= 11 is 0. The van der Waals surface area contributed by atoms with Crippen molar-refractivity contribution in [3.05, 3.63) is 29.3 Å². The number of halogens is 1. The van der Waals surface area contributed by atoms with Gasteiger partial charge in [0.2, 0.25) is 5.95 Å². The van der Waals surface area contributed by atoms with Gasteiger partial charge in [-0.15, -0.1) is 0 Å². The summed E-state index contributed by atoms with van der Waals surface area (Å²) in [6.45, 7) is -1.32. The second-order valence-corrected chi connectivity index (χ2v) is 10.6. The van der Waals surface area contributed by atoms with Crippen LogP contribution in [0.2, 0.25) is 0 Å². The predicted octanol–water partition coefficient (Wildman–Crippen LogP) is -1.81. The molecule has 41 heavy (non-hydrogen) atoms. The normalized spacial score (nSPS) is 36.0. The number of nitrogens with one attached hydrogen (secondary N) is 1. The zero-order chi connectivity index (χ0) is 28.7. The fraction of sp³-hybridized carbons (Fsp3) is 0.474. The van der Waals surface area contributed by atoms with Crippen LogP contribution < -0.4 is 17.0 Å². The van der Waals surface area contributed by atoms with Crippen LogP contribution in [0.5, 0.6) is 0 Å². The Hall–Kier alpha value is -3.66. The molecule has 0 saturated carbocycles. The maximum atomic E-state index is 16.2. The molecule has 8 unspecified atom stereocenters. The molecule has 218 valence electrons. The molecule has 22 heteroatoms. The molecule has 7 rings (SSSR count). The van der Waals surface area contributed by atoms with Crippen LogP contribution in [0.15, 0.2) is 23.8 Å². The van der Waals surface area contributed by atoms with Gasteiger partial charge < -0.3 is 40.4 Å². The third-order valence-corrected chi connectivity index (χ3v) is 7.71. The number of aromatic nitrogens is 8. The Morgan fingerprint density at radius 1 is 1.15 bits per heavy atom. The van der Waals surface area contributed by atoms with Gasteiger partial charge >= 0.3 is 13.8 Å². The molecule has 3 fully saturated rings. The van der Waals surface area contributed by atoms with Crippen molar-refractivity contribution >= 4 is 41.9 Å². The highest BCUT2D eigenvalue weighted by Gasteiger charge is 2.62. The maximum absolute atomic E-state index is 16.2. The lowest BCUT2D eigenvalue weighted by atomic mass is 10.1. The SMILES string of the molecule is Nc1nc2c(ncn2C2OC3OCOC4C(COP(=O)(O)OC2C3O)OC4(F)n2cnc3c(N)ncnc32)c(=O)[nH]1. The Balaban J connectivity index is 1.19. The van der Waals surface area contributed by atoms with E-state index in [0.717, 1.165) is 28.1 Å². The number of phosphoric ester groups is 1. The Bertz CT molecular complexity index is 1770. The molecule has 3 aliphatic rings. The van der Waals surface area contributed by atoms with Crippen LogP contribution in [-0.4, -0.2) is 93.1 Å². The lowest BCUT2D eigenvalue weighted by Crippen LogP contribution is -2.65. The number of phosphoric acid groups is 1. The average Bonchev–Trinajstić information content (AvgIpc) is 3.61. The first kappa shape index (κ1) is 26.3. The fourth-order valence-corrected chi connectivity index (χ4v) is 5.79. The Morgan fingerprint density at radius 2 is 1.95 bits per heavy atom. The highest BCUT2D eigenvalue weighted by Crippen LogP contribution is 2.52. The Morgan fingerprint density at radius 3 is 2.78 bits per heavy atom. The largest absolute Gasteiger partial charge is 0.472 e. The molecule has 0 aromatic carbocycles. The molecular weight excluding hydrogens is 578 g/mol. The molecule has 3 saturated heterocycles. The van der Waals surface area contributed by atoms with E-state index in [1.807, 2.05) is 0 Å². The topological polar surface area (TPSA) is 272 Å². The number of aromatic amines is 1. The highest BCUT2D eigenvalue weighted by molar-refractivity contribution is 7.47. The lowest BCUT2D eigenvalue weighted by Gasteiger charge is -2.48. The number of nitrogens with zero attached hydrogens (tertiary/aromatic N) is 7. The van der Waals surface area contributed by atoms with Gasteiger partial charge in [-0.1, -0.05) is 0 Å². The van der Waals surface area contributed by atoms with Crippen LogP contribution in [-0.2, 0) is 38.5 Å². The first-order valence-corrected chi connectivity index (χ1v) is 13.3. The third kappa shape index (κ3) is 4.09. The van der Waals surface area contributed by atoms with Crippen LogP contribution in [0, 0.1) is 0 Å². The van der Waals surface area contributed by atoms with Crippen LogP contribution >= 0.6 is 7.82 Å². The second kappa shape index (κ2) is 9.17. The summed E-state index contributed by atoms with van der Waals surface area (Å²) in [6, 6.07) is 0. The molecule has 0 amide bonds.